The molecule has 2 aromatic rings. The predicted molar refractivity (Wildman–Crippen MR) is 88.3 cm³/mol. The van der Waals surface area contributed by atoms with Gasteiger partial charge in [0, 0.05) is 19.2 Å². The molecule has 1 aliphatic carbocycles. The van der Waals surface area contributed by atoms with Crippen LogP contribution in [0.4, 0.5) is 5.69 Å². The molecule has 0 radical (unpaired) electrons. The second kappa shape index (κ2) is 6.57. The van der Waals surface area contributed by atoms with E-state index in [1.807, 2.05) is 0 Å². The Morgan fingerprint density at radius 3 is 2.42 bits per heavy atom. The number of nitrogens with zero attached hydrogens (tertiary/aromatic N) is 1. The number of H-pyrrole nitrogens is 1. The van der Waals surface area contributed by atoms with E-state index in [-0.39, 0.29) is 11.8 Å². The number of amides is 3. The number of anilines is 1. The first-order valence-corrected chi connectivity index (χ1v) is 7.68. The van der Waals surface area contributed by atoms with Crippen molar-refractivity contribution in [2.24, 2.45) is 5.92 Å². The zero-order valence-corrected chi connectivity index (χ0v) is 13.2. The van der Waals surface area contributed by atoms with Gasteiger partial charge >= 0.3 is 0 Å². The fourth-order valence-corrected chi connectivity index (χ4v) is 2.40. The quantitative estimate of drug-likeness (QED) is 0.743. The maximum absolute atomic E-state index is 12.4. The normalized spacial score (nSPS) is 13.2. The van der Waals surface area contributed by atoms with Gasteiger partial charge in [-0.15, -0.1) is 0 Å². The average Bonchev–Trinajstić information content (AvgIpc) is 3.32. The Morgan fingerprint density at radius 1 is 1.04 bits per heavy atom. The van der Waals surface area contributed by atoms with Crippen LogP contribution in [0.25, 0.3) is 0 Å². The molecule has 1 saturated carbocycles. The van der Waals surface area contributed by atoms with E-state index in [2.05, 4.69) is 15.8 Å². The summed E-state index contributed by atoms with van der Waals surface area (Å²) in [5, 5.41) is 0. The second-order valence-electron chi connectivity index (χ2n) is 5.68. The Bertz CT molecular complexity index is 766. The standard InChI is InChI=1S/C17H18N4O3/c1-21(17(24)11-8-9-11)14-7-3-2-5-12(14)15(22)19-20-16(23)13-6-4-10-18-13/h2-7,10-11,18H,8-9H2,1H3,(H,19,22)(H,20,23). The highest BCUT2D eigenvalue weighted by molar-refractivity contribution is 6.06. The fourth-order valence-electron chi connectivity index (χ4n) is 2.40. The number of nitrogens with one attached hydrogen (secondary N) is 3. The van der Waals surface area contributed by atoms with E-state index in [1.54, 1.807) is 49.6 Å². The number of carbonyl (C=O) groups excluding carboxylic acids is 3. The summed E-state index contributed by atoms with van der Waals surface area (Å²) in [5.74, 6) is -0.876. The van der Waals surface area contributed by atoms with Crippen LogP contribution >= 0.6 is 0 Å². The lowest BCUT2D eigenvalue weighted by Crippen LogP contribution is -2.42. The maximum Gasteiger partial charge on any atom is 0.286 e. The van der Waals surface area contributed by atoms with Crippen molar-refractivity contribution in [2.75, 3.05) is 11.9 Å². The van der Waals surface area contributed by atoms with Crippen molar-refractivity contribution < 1.29 is 14.4 Å². The lowest BCUT2D eigenvalue weighted by Gasteiger charge is -2.20. The highest BCUT2D eigenvalue weighted by atomic mass is 16.2. The molecule has 1 aromatic carbocycles. The largest absolute Gasteiger partial charge is 0.357 e. The Balaban J connectivity index is 1.70. The molecule has 3 N–H and O–H groups in total. The summed E-state index contributed by atoms with van der Waals surface area (Å²) in [7, 11) is 1.66. The van der Waals surface area contributed by atoms with Crippen molar-refractivity contribution >= 4 is 23.4 Å². The fraction of sp³-hybridized carbons (Fsp3) is 0.235. The molecule has 1 heterocycles. The third kappa shape index (κ3) is 3.29. The molecular weight excluding hydrogens is 308 g/mol. The number of aromatic amines is 1. The maximum atomic E-state index is 12.4. The molecule has 1 aliphatic rings. The molecule has 7 heteroatoms. The highest BCUT2D eigenvalue weighted by Crippen LogP contribution is 2.33. The third-order valence-corrected chi connectivity index (χ3v) is 3.90. The molecule has 124 valence electrons. The van der Waals surface area contributed by atoms with Crippen LogP contribution < -0.4 is 15.8 Å². The van der Waals surface area contributed by atoms with Crippen LogP contribution in [0.1, 0.15) is 33.7 Å². The van der Waals surface area contributed by atoms with Crippen LogP contribution in [0, 0.1) is 5.92 Å². The average molecular weight is 326 g/mol. The smallest absolute Gasteiger partial charge is 0.286 e. The van der Waals surface area contributed by atoms with Crippen molar-refractivity contribution in [2.45, 2.75) is 12.8 Å². The summed E-state index contributed by atoms with van der Waals surface area (Å²) in [6.07, 6.45) is 3.40. The van der Waals surface area contributed by atoms with Gasteiger partial charge in [-0.2, -0.15) is 0 Å². The minimum absolute atomic E-state index is 0.00525. The predicted octanol–water partition coefficient (Wildman–Crippen LogP) is 1.46. The first kappa shape index (κ1) is 15.8. The minimum atomic E-state index is -0.485. The van der Waals surface area contributed by atoms with Gasteiger partial charge in [-0.05, 0) is 37.1 Å². The molecule has 1 fully saturated rings. The van der Waals surface area contributed by atoms with Crippen LogP contribution in [-0.2, 0) is 4.79 Å². The van der Waals surface area contributed by atoms with E-state index in [1.165, 1.54) is 4.90 Å². The van der Waals surface area contributed by atoms with Crippen molar-refractivity contribution in [3.63, 3.8) is 0 Å². The van der Waals surface area contributed by atoms with E-state index in [0.717, 1.165) is 12.8 Å². The number of para-hydroxylation sites is 1. The van der Waals surface area contributed by atoms with Gasteiger partial charge in [-0.1, -0.05) is 12.1 Å². The van der Waals surface area contributed by atoms with Gasteiger partial charge in [0.2, 0.25) is 5.91 Å². The van der Waals surface area contributed by atoms with Crippen LogP contribution in [0.3, 0.4) is 0 Å². The van der Waals surface area contributed by atoms with Gasteiger partial charge in [0.1, 0.15) is 5.69 Å². The first-order valence-electron chi connectivity index (χ1n) is 7.68. The summed E-state index contributed by atoms with van der Waals surface area (Å²) in [5.41, 5.74) is 5.88. The number of hydrogen-bond donors (Lipinski definition) is 3. The van der Waals surface area contributed by atoms with Crippen molar-refractivity contribution in [1.29, 1.82) is 0 Å². The van der Waals surface area contributed by atoms with Gasteiger partial charge in [0.25, 0.3) is 11.8 Å². The SMILES string of the molecule is CN(C(=O)C1CC1)c1ccccc1C(=O)NNC(=O)c1ccc[nH]1. The summed E-state index contributed by atoms with van der Waals surface area (Å²) in [6.45, 7) is 0. The molecular formula is C17H18N4O3. The van der Waals surface area contributed by atoms with Crippen molar-refractivity contribution in [1.82, 2.24) is 15.8 Å². The Hall–Kier alpha value is -3.09. The molecule has 0 saturated heterocycles. The molecule has 3 amide bonds. The molecule has 3 rings (SSSR count). The van der Waals surface area contributed by atoms with E-state index >= 15 is 0 Å². The third-order valence-electron chi connectivity index (χ3n) is 3.90. The molecule has 0 aliphatic heterocycles. The zero-order valence-electron chi connectivity index (χ0n) is 13.2. The van der Waals surface area contributed by atoms with E-state index < -0.39 is 11.8 Å². The number of benzene rings is 1. The Morgan fingerprint density at radius 2 is 1.75 bits per heavy atom. The number of hydrogen-bond acceptors (Lipinski definition) is 3. The van der Waals surface area contributed by atoms with E-state index in [4.69, 9.17) is 0 Å². The second-order valence-corrected chi connectivity index (χ2v) is 5.68. The molecule has 0 atom stereocenters. The first-order chi connectivity index (χ1) is 11.6. The van der Waals surface area contributed by atoms with Gasteiger partial charge in [0.15, 0.2) is 0 Å². The van der Waals surface area contributed by atoms with Gasteiger partial charge in [0.05, 0.1) is 11.3 Å². The van der Waals surface area contributed by atoms with Crippen LogP contribution in [0.2, 0.25) is 0 Å². The number of carbonyl (C=O) groups is 3. The molecule has 0 bridgehead atoms. The molecule has 1 aromatic heterocycles. The molecule has 7 nitrogen and oxygen atoms in total. The Kier molecular flexibility index (Phi) is 4.33. The number of hydrazine groups is 1. The topological polar surface area (TPSA) is 94.3 Å². The van der Waals surface area contributed by atoms with Gasteiger partial charge < -0.3 is 9.88 Å². The zero-order chi connectivity index (χ0) is 17.1. The van der Waals surface area contributed by atoms with Crippen molar-refractivity contribution in [3.8, 4) is 0 Å². The van der Waals surface area contributed by atoms with E-state index in [9.17, 15) is 14.4 Å². The van der Waals surface area contributed by atoms with E-state index in [0.29, 0.717) is 16.9 Å². The van der Waals surface area contributed by atoms with Crippen LogP contribution in [0.15, 0.2) is 42.6 Å². The van der Waals surface area contributed by atoms with Crippen LogP contribution in [-0.4, -0.2) is 29.8 Å². The highest BCUT2D eigenvalue weighted by Gasteiger charge is 2.33. The number of aromatic nitrogens is 1. The van der Waals surface area contributed by atoms with Gasteiger partial charge in [-0.3, -0.25) is 25.2 Å². The lowest BCUT2D eigenvalue weighted by molar-refractivity contribution is -0.119. The molecule has 0 spiro atoms. The molecule has 24 heavy (non-hydrogen) atoms. The van der Waals surface area contributed by atoms with Crippen molar-refractivity contribution in [3.05, 3.63) is 53.9 Å². The monoisotopic (exact) mass is 326 g/mol. The summed E-state index contributed by atoms with van der Waals surface area (Å²) in [6, 6.07) is 10.1. The molecule has 0 unspecified atom stereocenters. The summed E-state index contributed by atoms with van der Waals surface area (Å²) < 4.78 is 0. The van der Waals surface area contributed by atoms with Crippen LogP contribution in [0.5, 0.6) is 0 Å². The summed E-state index contributed by atoms with van der Waals surface area (Å²) >= 11 is 0. The number of rotatable bonds is 4. The minimum Gasteiger partial charge on any atom is -0.357 e. The summed E-state index contributed by atoms with van der Waals surface area (Å²) in [4.78, 5) is 40.7. The Labute approximate surface area is 139 Å². The lowest BCUT2D eigenvalue weighted by atomic mass is 10.1. The van der Waals surface area contributed by atoms with Gasteiger partial charge in [-0.25, -0.2) is 0 Å².